The fraction of sp³-hybridized carbons (Fsp3) is 0.257. The van der Waals surface area contributed by atoms with Crippen molar-refractivity contribution >= 4 is 62.3 Å². The first kappa shape index (κ1) is 35.3. The number of rotatable bonds is 13. The lowest BCUT2D eigenvalue weighted by Crippen LogP contribution is -2.53. The van der Waals surface area contributed by atoms with Crippen LogP contribution in [0.25, 0.3) is 0 Å². The van der Waals surface area contributed by atoms with E-state index in [0.717, 1.165) is 15.4 Å². The molecule has 0 aliphatic carbocycles. The topological polar surface area (TPSA) is 86.8 Å². The number of amides is 2. The zero-order valence-electron chi connectivity index (χ0n) is 25.8. The minimum absolute atomic E-state index is 0.00244. The summed E-state index contributed by atoms with van der Waals surface area (Å²) in [6, 6.07) is 26.1. The van der Waals surface area contributed by atoms with Crippen LogP contribution in [0.2, 0.25) is 15.1 Å². The fourth-order valence-corrected chi connectivity index (χ4v) is 6.86. The van der Waals surface area contributed by atoms with Gasteiger partial charge in [0.25, 0.3) is 10.0 Å². The van der Waals surface area contributed by atoms with Gasteiger partial charge in [-0.05, 0) is 60.4 Å². The fourth-order valence-electron chi connectivity index (χ4n) is 4.82. The molecule has 0 radical (unpaired) electrons. The maximum Gasteiger partial charge on any atom is 0.264 e. The minimum atomic E-state index is -4.27. The number of carbonyl (C=O) groups is 2. The number of hydrogen-bond acceptors (Lipinski definition) is 4. The third kappa shape index (κ3) is 9.04. The molecule has 4 rings (SSSR count). The van der Waals surface area contributed by atoms with Crippen LogP contribution in [-0.2, 0) is 32.6 Å². The quantitative estimate of drug-likeness (QED) is 0.156. The largest absolute Gasteiger partial charge is 0.354 e. The average molecular weight is 701 g/mol. The third-order valence-corrected chi connectivity index (χ3v) is 10.1. The Morgan fingerprint density at radius 1 is 0.783 bits per heavy atom. The number of hydrogen-bond donors (Lipinski definition) is 1. The number of sulfonamides is 1. The van der Waals surface area contributed by atoms with Gasteiger partial charge in [0, 0.05) is 19.5 Å². The molecule has 46 heavy (non-hydrogen) atoms. The first-order valence-corrected chi connectivity index (χ1v) is 17.3. The van der Waals surface area contributed by atoms with Gasteiger partial charge >= 0.3 is 0 Å². The molecule has 0 saturated heterocycles. The molecule has 242 valence electrons. The maximum absolute atomic E-state index is 14.5. The molecule has 0 saturated carbocycles. The first-order valence-electron chi connectivity index (χ1n) is 14.8. The monoisotopic (exact) mass is 699 g/mol. The minimum Gasteiger partial charge on any atom is -0.354 e. The highest BCUT2D eigenvalue weighted by molar-refractivity contribution is 7.92. The average Bonchev–Trinajstić information content (AvgIpc) is 3.03. The zero-order chi connectivity index (χ0) is 33.4. The number of anilines is 1. The van der Waals surface area contributed by atoms with Crippen LogP contribution < -0.4 is 9.62 Å². The van der Waals surface area contributed by atoms with Gasteiger partial charge in [-0.25, -0.2) is 8.42 Å². The van der Waals surface area contributed by atoms with Crippen molar-refractivity contribution in [1.29, 1.82) is 0 Å². The summed E-state index contributed by atoms with van der Waals surface area (Å²) in [5.41, 5.74) is 2.46. The van der Waals surface area contributed by atoms with Crippen LogP contribution in [0.15, 0.2) is 102 Å². The highest BCUT2D eigenvalue weighted by Crippen LogP contribution is 2.31. The van der Waals surface area contributed by atoms with E-state index < -0.39 is 28.5 Å². The van der Waals surface area contributed by atoms with Gasteiger partial charge in [-0.2, -0.15) is 0 Å². The summed E-state index contributed by atoms with van der Waals surface area (Å²) in [7, 11) is -4.27. The molecule has 0 aliphatic rings. The van der Waals surface area contributed by atoms with Crippen LogP contribution >= 0.6 is 34.8 Å². The molecule has 4 aromatic rings. The van der Waals surface area contributed by atoms with Crippen LogP contribution in [0, 0.1) is 12.8 Å². The predicted molar refractivity (Wildman–Crippen MR) is 186 cm³/mol. The van der Waals surface area contributed by atoms with Gasteiger partial charge in [-0.15, -0.1) is 0 Å². The highest BCUT2D eigenvalue weighted by atomic mass is 35.5. The molecular formula is C35H36Cl3N3O4S. The molecule has 0 fully saturated rings. The number of nitrogens with zero attached hydrogens (tertiary/aromatic N) is 2. The van der Waals surface area contributed by atoms with Gasteiger partial charge < -0.3 is 10.2 Å². The summed E-state index contributed by atoms with van der Waals surface area (Å²) < 4.78 is 29.3. The van der Waals surface area contributed by atoms with Crippen LogP contribution in [0.1, 0.15) is 30.5 Å². The Morgan fingerprint density at radius 3 is 2.07 bits per heavy atom. The molecule has 0 spiro atoms. The van der Waals surface area contributed by atoms with E-state index in [9.17, 15) is 18.0 Å². The number of aryl methyl sites for hydroxylation is 1. The van der Waals surface area contributed by atoms with E-state index in [1.165, 1.54) is 17.0 Å². The van der Waals surface area contributed by atoms with E-state index in [0.29, 0.717) is 17.1 Å². The second-order valence-corrected chi connectivity index (χ2v) is 14.5. The number of benzene rings is 4. The Balaban J connectivity index is 1.82. The second kappa shape index (κ2) is 15.8. The van der Waals surface area contributed by atoms with Gasteiger partial charge in [0.2, 0.25) is 11.8 Å². The molecule has 1 atom stereocenters. The van der Waals surface area contributed by atoms with Crippen molar-refractivity contribution in [2.45, 2.75) is 44.7 Å². The van der Waals surface area contributed by atoms with Gasteiger partial charge in [0.15, 0.2) is 0 Å². The summed E-state index contributed by atoms with van der Waals surface area (Å²) in [4.78, 5) is 29.8. The Kier molecular flexibility index (Phi) is 12.1. The Hall–Kier alpha value is -3.56. The summed E-state index contributed by atoms with van der Waals surface area (Å²) in [5.74, 6) is -0.810. The highest BCUT2D eigenvalue weighted by Gasteiger charge is 2.35. The molecule has 0 bridgehead atoms. The first-order chi connectivity index (χ1) is 21.9. The number of nitrogens with one attached hydrogen (secondary N) is 1. The van der Waals surface area contributed by atoms with Crippen molar-refractivity contribution in [2.75, 3.05) is 17.4 Å². The molecule has 7 nitrogen and oxygen atoms in total. The van der Waals surface area contributed by atoms with Crippen molar-refractivity contribution in [3.63, 3.8) is 0 Å². The van der Waals surface area contributed by atoms with E-state index in [1.54, 1.807) is 54.6 Å². The third-order valence-electron chi connectivity index (χ3n) is 7.30. The van der Waals surface area contributed by atoms with Crippen molar-refractivity contribution in [3.05, 3.63) is 129 Å². The van der Waals surface area contributed by atoms with Crippen LogP contribution in [0.4, 0.5) is 5.69 Å². The van der Waals surface area contributed by atoms with Crippen LogP contribution in [0.3, 0.4) is 0 Å². The summed E-state index contributed by atoms with van der Waals surface area (Å²) in [6.07, 6.45) is 0.189. The lowest BCUT2D eigenvalue weighted by atomic mass is 10.0. The van der Waals surface area contributed by atoms with Crippen molar-refractivity contribution in [2.24, 2.45) is 5.92 Å². The SMILES string of the molecule is Cc1ccc(S(=O)(=O)N(CC(=O)N(Cc2ccc(Cl)c(Cl)c2)[C@H](Cc2ccccc2)C(=O)NCC(C)C)c2ccccc2Cl)cc1. The van der Waals surface area contributed by atoms with Crippen molar-refractivity contribution in [1.82, 2.24) is 10.2 Å². The van der Waals surface area contributed by atoms with E-state index in [1.807, 2.05) is 51.1 Å². The Labute approximate surface area is 286 Å². The van der Waals surface area contributed by atoms with Gasteiger partial charge in [-0.1, -0.05) is 115 Å². The summed E-state index contributed by atoms with van der Waals surface area (Å²) in [5, 5.41) is 3.74. The van der Waals surface area contributed by atoms with Gasteiger partial charge in [-0.3, -0.25) is 13.9 Å². The zero-order valence-corrected chi connectivity index (χ0v) is 28.9. The molecule has 0 aliphatic heterocycles. The van der Waals surface area contributed by atoms with Crippen LogP contribution in [0.5, 0.6) is 0 Å². The normalized spacial score (nSPS) is 12.1. The predicted octanol–water partition coefficient (Wildman–Crippen LogP) is 7.56. The molecule has 4 aromatic carbocycles. The Bertz CT molecular complexity index is 1770. The van der Waals surface area contributed by atoms with Gasteiger partial charge in [0.1, 0.15) is 12.6 Å². The lowest BCUT2D eigenvalue weighted by molar-refractivity contribution is -0.140. The summed E-state index contributed by atoms with van der Waals surface area (Å²) >= 11 is 19.0. The van der Waals surface area contributed by atoms with E-state index in [2.05, 4.69) is 5.32 Å². The summed E-state index contributed by atoms with van der Waals surface area (Å²) in [6.45, 7) is 5.54. The molecular weight excluding hydrogens is 665 g/mol. The molecule has 11 heteroatoms. The van der Waals surface area contributed by atoms with E-state index >= 15 is 0 Å². The maximum atomic E-state index is 14.5. The molecule has 2 amide bonds. The Morgan fingerprint density at radius 2 is 1.43 bits per heavy atom. The smallest absolute Gasteiger partial charge is 0.264 e. The van der Waals surface area contributed by atoms with Crippen molar-refractivity contribution in [3.8, 4) is 0 Å². The second-order valence-electron chi connectivity index (χ2n) is 11.4. The lowest BCUT2D eigenvalue weighted by Gasteiger charge is -2.34. The molecule has 0 heterocycles. The number of para-hydroxylation sites is 1. The standard InChI is InChI=1S/C35H36Cl3N3O4S/c1-24(2)21-39-35(43)33(20-26-9-5-4-6-10-26)40(22-27-15-18-29(36)31(38)19-27)34(42)23-41(32-12-8-7-11-30(32)37)46(44,45)28-16-13-25(3)14-17-28/h4-19,24,33H,20-23H2,1-3H3,(H,39,43)/t33-/m1/s1. The van der Waals surface area contributed by atoms with E-state index in [4.69, 9.17) is 34.8 Å². The van der Waals surface area contributed by atoms with Crippen LogP contribution in [-0.4, -0.2) is 44.3 Å². The van der Waals surface area contributed by atoms with Gasteiger partial charge in [0.05, 0.1) is 25.7 Å². The number of halogens is 3. The molecule has 1 N–H and O–H groups in total. The molecule has 0 aromatic heterocycles. The van der Waals surface area contributed by atoms with E-state index in [-0.39, 0.29) is 45.4 Å². The van der Waals surface area contributed by atoms with Crippen molar-refractivity contribution < 1.29 is 18.0 Å². The number of carbonyl (C=O) groups excluding carboxylic acids is 2. The molecule has 0 unspecified atom stereocenters.